The summed E-state index contributed by atoms with van der Waals surface area (Å²) in [6, 6.07) is 10.4. The molecular formula is C19H20N4O3. The van der Waals surface area contributed by atoms with E-state index in [4.69, 9.17) is 0 Å². The first-order valence-corrected chi connectivity index (χ1v) is 8.31. The summed E-state index contributed by atoms with van der Waals surface area (Å²) < 4.78 is 0. The Morgan fingerprint density at radius 1 is 1.12 bits per heavy atom. The van der Waals surface area contributed by atoms with Crippen LogP contribution in [0, 0.1) is 0 Å². The largest absolute Gasteiger partial charge is 0.363 e. The van der Waals surface area contributed by atoms with Crippen molar-refractivity contribution in [1.82, 2.24) is 15.2 Å². The maximum atomic E-state index is 12.3. The minimum absolute atomic E-state index is 0.0666. The van der Waals surface area contributed by atoms with E-state index in [0.717, 1.165) is 16.3 Å². The van der Waals surface area contributed by atoms with E-state index in [1.54, 1.807) is 30.5 Å². The van der Waals surface area contributed by atoms with Crippen LogP contribution in [0.4, 0.5) is 5.82 Å². The Kier molecular flexibility index (Phi) is 4.97. The zero-order valence-corrected chi connectivity index (χ0v) is 14.7. The van der Waals surface area contributed by atoms with Crippen LogP contribution in [0.15, 0.2) is 42.6 Å². The molecule has 7 nitrogen and oxygen atoms in total. The summed E-state index contributed by atoms with van der Waals surface area (Å²) in [5, 5.41) is 2.81. The average molecular weight is 352 g/mol. The number of carbonyl (C=O) groups excluding carboxylic acids is 3. The van der Waals surface area contributed by atoms with Crippen LogP contribution in [0.5, 0.6) is 0 Å². The van der Waals surface area contributed by atoms with Gasteiger partial charge in [-0.2, -0.15) is 0 Å². The van der Waals surface area contributed by atoms with Gasteiger partial charge in [0.2, 0.25) is 5.91 Å². The van der Waals surface area contributed by atoms with Gasteiger partial charge in [-0.15, -0.1) is 0 Å². The first-order chi connectivity index (χ1) is 12.5. The lowest BCUT2D eigenvalue weighted by Crippen LogP contribution is -2.34. The van der Waals surface area contributed by atoms with E-state index >= 15 is 0 Å². The van der Waals surface area contributed by atoms with Gasteiger partial charge in [0.1, 0.15) is 5.82 Å². The lowest BCUT2D eigenvalue weighted by atomic mass is 10.1. The van der Waals surface area contributed by atoms with E-state index in [1.165, 1.54) is 0 Å². The highest BCUT2D eigenvalue weighted by molar-refractivity contribution is 6.21. The van der Waals surface area contributed by atoms with Gasteiger partial charge in [-0.25, -0.2) is 4.98 Å². The predicted molar refractivity (Wildman–Crippen MR) is 96.8 cm³/mol. The summed E-state index contributed by atoms with van der Waals surface area (Å²) in [7, 11) is 3.79. The number of fused-ring (bicyclic) bond motifs is 1. The normalized spacial score (nSPS) is 12.9. The highest BCUT2D eigenvalue weighted by atomic mass is 16.2. The quantitative estimate of drug-likeness (QED) is 0.796. The van der Waals surface area contributed by atoms with Gasteiger partial charge in [0, 0.05) is 39.8 Å². The lowest BCUT2D eigenvalue weighted by molar-refractivity contribution is -0.121. The van der Waals surface area contributed by atoms with E-state index in [-0.39, 0.29) is 30.7 Å². The molecule has 0 bridgehead atoms. The van der Waals surface area contributed by atoms with Crippen LogP contribution in [-0.4, -0.2) is 48.2 Å². The third-order valence-corrected chi connectivity index (χ3v) is 4.20. The van der Waals surface area contributed by atoms with Crippen LogP contribution in [0.1, 0.15) is 32.7 Å². The Labute approximate surface area is 151 Å². The summed E-state index contributed by atoms with van der Waals surface area (Å²) >= 11 is 0. The summed E-state index contributed by atoms with van der Waals surface area (Å²) in [5.74, 6) is -0.0983. The zero-order chi connectivity index (χ0) is 18.7. The van der Waals surface area contributed by atoms with Crippen molar-refractivity contribution in [3.05, 3.63) is 59.3 Å². The topological polar surface area (TPSA) is 82.6 Å². The summed E-state index contributed by atoms with van der Waals surface area (Å²) in [4.78, 5) is 43.8. The molecule has 0 unspecified atom stereocenters. The van der Waals surface area contributed by atoms with Crippen molar-refractivity contribution < 1.29 is 14.4 Å². The number of benzene rings is 1. The van der Waals surface area contributed by atoms with Crippen molar-refractivity contribution in [1.29, 1.82) is 0 Å². The van der Waals surface area contributed by atoms with Crippen molar-refractivity contribution >= 4 is 23.5 Å². The molecule has 0 saturated heterocycles. The Morgan fingerprint density at radius 2 is 1.77 bits per heavy atom. The second-order valence-electron chi connectivity index (χ2n) is 6.25. The van der Waals surface area contributed by atoms with Crippen LogP contribution in [0.3, 0.4) is 0 Å². The SMILES string of the molecule is CN(C)c1cc(CNC(=O)CCN2C(=O)c3ccccc3C2=O)ccn1. The average Bonchev–Trinajstić information content (AvgIpc) is 2.89. The molecule has 0 atom stereocenters. The Bertz CT molecular complexity index is 828. The minimum atomic E-state index is -0.344. The highest BCUT2D eigenvalue weighted by Crippen LogP contribution is 2.22. The minimum Gasteiger partial charge on any atom is -0.363 e. The number of nitrogens with zero attached hydrogens (tertiary/aromatic N) is 3. The van der Waals surface area contributed by atoms with E-state index in [2.05, 4.69) is 10.3 Å². The second kappa shape index (κ2) is 7.35. The van der Waals surface area contributed by atoms with Crippen LogP contribution in [-0.2, 0) is 11.3 Å². The number of imide groups is 1. The maximum absolute atomic E-state index is 12.3. The number of amides is 3. The molecule has 1 aromatic carbocycles. The number of hydrogen-bond acceptors (Lipinski definition) is 5. The third-order valence-electron chi connectivity index (χ3n) is 4.20. The molecule has 1 aliphatic heterocycles. The Morgan fingerprint density at radius 3 is 2.38 bits per heavy atom. The fraction of sp³-hybridized carbons (Fsp3) is 0.263. The molecule has 0 aliphatic carbocycles. The molecule has 0 saturated carbocycles. The lowest BCUT2D eigenvalue weighted by Gasteiger charge is -2.14. The van der Waals surface area contributed by atoms with Crippen LogP contribution in [0.25, 0.3) is 0 Å². The van der Waals surface area contributed by atoms with Crippen molar-refractivity contribution in [3.63, 3.8) is 0 Å². The molecule has 1 N–H and O–H groups in total. The van der Waals surface area contributed by atoms with Gasteiger partial charge < -0.3 is 10.2 Å². The third kappa shape index (κ3) is 3.56. The molecule has 2 heterocycles. The maximum Gasteiger partial charge on any atom is 0.261 e. The van der Waals surface area contributed by atoms with Gasteiger partial charge in [0.05, 0.1) is 11.1 Å². The van der Waals surface area contributed by atoms with E-state index in [9.17, 15) is 14.4 Å². The Hall–Kier alpha value is -3.22. The molecule has 3 rings (SSSR count). The number of carbonyl (C=O) groups is 3. The number of aromatic nitrogens is 1. The van der Waals surface area contributed by atoms with Gasteiger partial charge >= 0.3 is 0 Å². The summed E-state index contributed by atoms with van der Waals surface area (Å²) in [5.41, 5.74) is 1.72. The van der Waals surface area contributed by atoms with Crippen molar-refractivity contribution in [2.45, 2.75) is 13.0 Å². The van der Waals surface area contributed by atoms with Gasteiger partial charge in [-0.1, -0.05) is 12.1 Å². The van der Waals surface area contributed by atoms with Gasteiger partial charge in [0.15, 0.2) is 0 Å². The molecule has 1 aromatic heterocycles. The smallest absolute Gasteiger partial charge is 0.261 e. The molecule has 134 valence electrons. The fourth-order valence-corrected chi connectivity index (χ4v) is 2.76. The van der Waals surface area contributed by atoms with Gasteiger partial charge in [0.25, 0.3) is 11.8 Å². The fourth-order valence-electron chi connectivity index (χ4n) is 2.76. The molecule has 3 amide bonds. The number of hydrogen-bond donors (Lipinski definition) is 1. The van der Waals surface area contributed by atoms with Crippen molar-refractivity contribution in [2.24, 2.45) is 0 Å². The molecule has 2 aromatic rings. The highest BCUT2D eigenvalue weighted by Gasteiger charge is 2.34. The van der Waals surface area contributed by atoms with Crippen LogP contribution < -0.4 is 10.2 Å². The number of anilines is 1. The van der Waals surface area contributed by atoms with Crippen molar-refractivity contribution in [2.75, 3.05) is 25.5 Å². The first kappa shape index (κ1) is 17.6. The molecule has 0 fully saturated rings. The summed E-state index contributed by atoms with van der Waals surface area (Å²) in [6.45, 7) is 0.432. The molecule has 0 spiro atoms. The number of pyridine rings is 1. The van der Waals surface area contributed by atoms with Crippen LogP contribution >= 0.6 is 0 Å². The van der Waals surface area contributed by atoms with Gasteiger partial charge in [-0.05, 0) is 29.8 Å². The standard InChI is InChI=1S/C19H20N4O3/c1-22(2)16-11-13(7-9-20-16)12-21-17(24)8-10-23-18(25)14-5-3-4-6-15(14)19(23)26/h3-7,9,11H,8,10,12H2,1-2H3,(H,21,24). The van der Waals surface area contributed by atoms with E-state index in [0.29, 0.717) is 17.7 Å². The Balaban J connectivity index is 1.53. The molecule has 0 radical (unpaired) electrons. The zero-order valence-electron chi connectivity index (χ0n) is 14.7. The summed E-state index contributed by atoms with van der Waals surface area (Å²) in [6.07, 6.45) is 1.76. The van der Waals surface area contributed by atoms with E-state index in [1.807, 2.05) is 31.1 Å². The molecule has 1 aliphatic rings. The molecule has 7 heteroatoms. The number of nitrogens with one attached hydrogen (secondary N) is 1. The molecular weight excluding hydrogens is 332 g/mol. The monoisotopic (exact) mass is 352 g/mol. The molecule has 26 heavy (non-hydrogen) atoms. The number of rotatable bonds is 6. The van der Waals surface area contributed by atoms with E-state index < -0.39 is 0 Å². The first-order valence-electron chi connectivity index (χ1n) is 8.31. The van der Waals surface area contributed by atoms with Crippen LogP contribution in [0.2, 0.25) is 0 Å². The van der Waals surface area contributed by atoms with Crippen molar-refractivity contribution in [3.8, 4) is 0 Å². The second-order valence-corrected chi connectivity index (χ2v) is 6.25. The predicted octanol–water partition coefficient (Wildman–Crippen LogP) is 1.45. The van der Waals surface area contributed by atoms with Gasteiger partial charge in [-0.3, -0.25) is 19.3 Å².